The molecule has 0 radical (unpaired) electrons. The average Bonchev–Trinajstić information content (AvgIpc) is 3.13. The molecule has 2 amide bonds. The molecule has 0 aliphatic heterocycles. The molecule has 0 saturated carbocycles. The van der Waals surface area contributed by atoms with Crippen molar-refractivity contribution in [1.82, 2.24) is 24.9 Å². The number of carbonyl (C=O) groups excluding carboxylic acids is 1. The number of rotatable bonds is 9. The molecule has 0 saturated heterocycles. The Kier molecular flexibility index (Phi) is 7.66. The van der Waals surface area contributed by atoms with Crippen LogP contribution in [0.15, 0.2) is 42.7 Å². The molecular weight excluding hydrogens is 326 g/mol. The number of nitrogens with one attached hydrogen (secondary N) is 1. The molecule has 0 unspecified atom stereocenters. The van der Waals surface area contributed by atoms with E-state index in [4.69, 9.17) is 0 Å². The van der Waals surface area contributed by atoms with Crippen LogP contribution in [-0.2, 0) is 6.42 Å². The summed E-state index contributed by atoms with van der Waals surface area (Å²) in [7, 11) is 4.05. The third-order valence-electron chi connectivity index (χ3n) is 4.09. The first-order valence-electron chi connectivity index (χ1n) is 9.22. The molecule has 0 atom stereocenters. The Morgan fingerprint density at radius 3 is 2.50 bits per heavy atom. The second-order valence-corrected chi connectivity index (χ2v) is 7.24. The fraction of sp³-hybridized carbons (Fsp3) is 0.500. The first kappa shape index (κ1) is 20.0. The van der Waals surface area contributed by atoms with Gasteiger partial charge in [0.25, 0.3) is 0 Å². The van der Waals surface area contributed by atoms with E-state index in [1.807, 2.05) is 48.1 Å². The number of amides is 2. The lowest BCUT2D eigenvalue weighted by atomic mass is 10.1. The largest absolute Gasteiger partial charge is 0.338 e. The second-order valence-electron chi connectivity index (χ2n) is 7.24. The first-order chi connectivity index (χ1) is 12.5. The zero-order valence-electron chi connectivity index (χ0n) is 16.4. The molecule has 1 aromatic carbocycles. The van der Waals surface area contributed by atoms with Gasteiger partial charge in [-0.25, -0.2) is 9.48 Å². The fourth-order valence-corrected chi connectivity index (χ4v) is 2.70. The van der Waals surface area contributed by atoms with E-state index < -0.39 is 0 Å². The molecule has 1 N–H and O–H groups in total. The van der Waals surface area contributed by atoms with Crippen LogP contribution < -0.4 is 5.32 Å². The molecule has 2 rings (SSSR count). The highest BCUT2D eigenvalue weighted by atomic mass is 16.2. The summed E-state index contributed by atoms with van der Waals surface area (Å²) in [5, 5.41) is 7.28. The lowest BCUT2D eigenvalue weighted by Gasteiger charge is -2.26. The molecule has 142 valence electrons. The fourth-order valence-electron chi connectivity index (χ4n) is 2.70. The van der Waals surface area contributed by atoms with Gasteiger partial charge < -0.3 is 15.1 Å². The molecule has 6 heteroatoms. The average molecular weight is 358 g/mol. The highest BCUT2D eigenvalue weighted by Gasteiger charge is 2.14. The predicted octanol–water partition coefficient (Wildman–Crippen LogP) is 2.64. The molecule has 0 aliphatic rings. The van der Waals surface area contributed by atoms with Crippen LogP contribution in [0.3, 0.4) is 0 Å². The Labute approximate surface area is 156 Å². The Hall–Kier alpha value is -2.34. The highest BCUT2D eigenvalue weighted by molar-refractivity contribution is 5.74. The predicted molar refractivity (Wildman–Crippen MR) is 106 cm³/mol. The highest BCUT2D eigenvalue weighted by Crippen LogP contribution is 2.09. The summed E-state index contributed by atoms with van der Waals surface area (Å²) < 4.78 is 1.83. The Balaban J connectivity index is 1.81. The Morgan fingerprint density at radius 1 is 1.19 bits per heavy atom. The maximum Gasteiger partial charge on any atom is 0.317 e. The van der Waals surface area contributed by atoms with Crippen LogP contribution in [0.4, 0.5) is 4.79 Å². The number of aromatic nitrogens is 2. The maximum atomic E-state index is 12.5. The van der Waals surface area contributed by atoms with Gasteiger partial charge in [-0.1, -0.05) is 26.0 Å². The summed E-state index contributed by atoms with van der Waals surface area (Å²) in [5.74, 6) is 0.456. The van der Waals surface area contributed by atoms with Crippen molar-refractivity contribution < 1.29 is 4.79 Å². The minimum absolute atomic E-state index is 0.0220. The molecule has 0 bridgehead atoms. The van der Waals surface area contributed by atoms with Crippen molar-refractivity contribution in [2.45, 2.75) is 20.3 Å². The van der Waals surface area contributed by atoms with Gasteiger partial charge in [-0.2, -0.15) is 5.10 Å². The van der Waals surface area contributed by atoms with Crippen molar-refractivity contribution in [3.05, 3.63) is 48.3 Å². The van der Waals surface area contributed by atoms with E-state index in [1.165, 1.54) is 5.56 Å². The van der Waals surface area contributed by atoms with Crippen LogP contribution in [0.1, 0.15) is 19.4 Å². The molecular formula is C20H31N5O. The van der Waals surface area contributed by atoms with Gasteiger partial charge in [0.05, 0.1) is 5.69 Å². The third-order valence-corrected chi connectivity index (χ3v) is 4.09. The first-order valence-corrected chi connectivity index (χ1v) is 9.22. The molecule has 1 aromatic heterocycles. The van der Waals surface area contributed by atoms with E-state index in [9.17, 15) is 4.79 Å². The van der Waals surface area contributed by atoms with Gasteiger partial charge >= 0.3 is 6.03 Å². The van der Waals surface area contributed by atoms with E-state index in [-0.39, 0.29) is 6.03 Å². The molecule has 6 nitrogen and oxygen atoms in total. The van der Waals surface area contributed by atoms with Gasteiger partial charge in [0.15, 0.2) is 0 Å². The zero-order chi connectivity index (χ0) is 18.9. The smallest absolute Gasteiger partial charge is 0.317 e. The monoisotopic (exact) mass is 357 g/mol. The zero-order valence-corrected chi connectivity index (χ0v) is 16.4. The normalized spacial score (nSPS) is 11.2. The number of carbonyl (C=O) groups is 1. The minimum Gasteiger partial charge on any atom is -0.338 e. The summed E-state index contributed by atoms with van der Waals surface area (Å²) in [4.78, 5) is 16.5. The maximum absolute atomic E-state index is 12.5. The Morgan fingerprint density at radius 2 is 1.92 bits per heavy atom. The number of likely N-dealkylation sites (N-methyl/N-ethyl adjacent to an activating group) is 1. The van der Waals surface area contributed by atoms with Gasteiger partial charge in [0.2, 0.25) is 0 Å². The SMILES string of the molecule is CC(C)CN(CCN(C)C)C(=O)NCCc1ccc(-n2cccn2)cc1. The van der Waals surface area contributed by atoms with Crippen molar-refractivity contribution in [3.8, 4) is 5.69 Å². The lowest BCUT2D eigenvalue weighted by Crippen LogP contribution is -2.45. The van der Waals surface area contributed by atoms with E-state index in [1.54, 1.807) is 6.20 Å². The summed E-state index contributed by atoms with van der Waals surface area (Å²) in [6, 6.07) is 10.2. The van der Waals surface area contributed by atoms with Crippen molar-refractivity contribution in [2.75, 3.05) is 40.3 Å². The quantitative estimate of drug-likeness (QED) is 0.751. The molecule has 26 heavy (non-hydrogen) atoms. The molecule has 0 aliphatic carbocycles. The number of hydrogen-bond donors (Lipinski definition) is 1. The molecule has 2 aromatic rings. The topological polar surface area (TPSA) is 53.4 Å². The standard InChI is InChI=1S/C20H31N5O/c1-17(2)16-24(15-14-23(3)4)20(26)21-12-10-18-6-8-19(9-7-18)25-13-5-11-22-25/h5-9,11,13,17H,10,12,14-16H2,1-4H3,(H,21,26). The Bertz CT molecular complexity index is 649. The van der Waals surface area contributed by atoms with Crippen molar-refractivity contribution in [2.24, 2.45) is 5.92 Å². The second kappa shape index (κ2) is 9.97. The summed E-state index contributed by atoms with van der Waals surface area (Å²) in [6.07, 6.45) is 4.50. The van der Waals surface area contributed by atoms with Gasteiger partial charge in [-0.3, -0.25) is 0 Å². The molecule has 0 fully saturated rings. The number of urea groups is 1. The van der Waals surface area contributed by atoms with Gasteiger partial charge in [-0.15, -0.1) is 0 Å². The number of nitrogens with zero attached hydrogens (tertiary/aromatic N) is 4. The third kappa shape index (κ3) is 6.52. The molecule has 0 spiro atoms. The van der Waals surface area contributed by atoms with Gasteiger partial charge in [0.1, 0.15) is 0 Å². The number of hydrogen-bond acceptors (Lipinski definition) is 3. The van der Waals surface area contributed by atoms with Crippen LogP contribution in [0.25, 0.3) is 5.69 Å². The number of benzene rings is 1. The van der Waals surface area contributed by atoms with Crippen LogP contribution in [-0.4, -0.2) is 65.9 Å². The lowest BCUT2D eigenvalue weighted by molar-refractivity contribution is 0.184. The summed E-state index contributed by atoms with van der Waals surface area (Å²) >= 11 is 0. The van der Waals surface area contributed by atoms with E-state index >= 15 is 0 Å². The van der Waals surface area contributed by atoms with Crippen LogP contribution in [0.5, 0.6) is 0 Å². The summed E-state index contributed by atoms with van der Waals surface area (Å²) in [6.45, 7) is 7.30. The van der Waals surface area contributed by atoms with Crippen molar-refractivity contribution >= 4 is 6.03 Å². The van der Waals surface area contributed by atoms with Crippen LogP contribution in [0.2, 0.25) is 0 Å². The van der Waals surface area contributed by atoms with E-state index in [0.717, 1.165) is 31.7 Å². The van der Waals surface area contributed by atoms with E-state index in [2.05, 4.69) is 41.3 Å². The van der Waals surface area contributed by atoms with E-state index in [0.29, 0.717) is 12.5 Å². The van der Waals surface area contributed by atoms with Gasteiger partial charge in [-0.05, 0) is 50.2 Å². The molecule has 1 heterocycles. The summed E-state index contributed by atoms with van der Waals surface area (Å²) in [5.41, 5.74) is 2.24. The minimum atomic E-state index is 0.0220. The van der Waals surface area contributed by atoms with Crippen molar-refractivity contribution in [1.29, 1.82) is 0 Å². The van der Waals surface area contributed by atoms with Crippen molar-refractivity contribution in [3.63, 3.8) is 0 Å². The van der Waals surface area contributed by atoms with Crippen LogP contribution >= 0.6 is 0 Å². The van der Waals surface area contributed by atoms with Gasteiger partial charge in [0, 0.05) is 38.6 Å². The van der Waals surface area contributed by atoms with Crippen LogP contribution in [0, 0.1) is 5.92 Å².